The van der Waals surface area contributed by atoms with Gasteiger partial charge in [0.25, 0.3) is 0 Å². The second-order valence-corrected chi connectivity index (χ2v) is 7.59. The lowest BCUT2D eigenvalue weighted by Gasteiger charge is -2.13. The lowest BCUT2D eigenvalue weighted by atomic mass is 9.98. The Kier molecular flexibility index (Phi) is 5.90. The molecule has 0 spiro atoms. The summed E-state index contributed by atoms with van der Waals surface area (Å²) < 4.78 is 42.9. The fraction of sp³-hybridized carbons (Fsp3) is 0.160. The van der Waals surface area contributed by atoms with Crippen LogP contribution in [0.15, 0.2) is 78.9 Å². The van der Waals surface area contributed by atoms with Crippen LogP contribution in [0.2, 0.25) is 0 Å². The summed E-state index contributed by atoms with van der Waals surface area (Å²) in [7, 11) is 0. The van der Waals surface area contributed by atoms with Crippen molar-refractivity contribution in [3.63, 3.8) is 0 Å². The van der Waals surface area contributed by atoms with Gasteiger partial charge in [-0.15, -0.1) is 10.2 Å². The molecule has 162 valence electrons. The zero-order chi connectivity index (χ0) is 22.8. The molecule has 0 bridgehead atoms. The summed E-state index contributed by atoms with van der Waals surface area (Å²) in [6.45, 7) is 6.55. The predicted octanol–water partition coefficient (Wildman–Crippen LogP) is 6.35. The quantitative estimate of drug-likeness (QED) is 0.332. The number of rotatable bonds is 6. The molecule has 4 aromatic rings. The predicted molar refractivity (Wildman–Crippen MR) is 120 cm³/mol. The molecule has 3 aromatic heterocycles. The maximum Gasteiger partial charge on any atom is 0.196 e. The molecule has 1 unspecified atom stereocenters. The molecule has 4 nitrogen and oxygen atoms in total. The number of nitrogens with zero attached hydrogens (tertiary/aromatic N) is 4. The maximum atomic E-state index is 14.9. The number of halogens is 3. The van der Waals surface area contributed by atoms with Gasteiger partial charge in [0.2, 0.25) is 0 Å². The van der Waals surface area contributed by atoms with E-state index >= 15 is 0 Å². The van der Waals surface area contributed by atoms with Crippen molar-refractivity contribution in [3.8, 4) is 0 Å². The van der Waals surface area contributed by atoms with Crippen LogP contribution in [0, 0.1) is 5.82 Å². The van der Waals surface area contributed by atoms with E-state index in [1.807, 2.05) is 37.3 Å². The zero-order valence-corrected chi connectivity index (χ0v) is 17.7. The molecule has 7 heteroatoms. The molecule has 0 amide bonds. The van der Waals surface area contributed by atoms with Crippen LogP contribution in [0.1, 0.15) is 36.7 Å². The van der Waals surface area contributed by atoms with Crippen LogP contribution in [-0.4, -0.2) is 26.3 Å². The number of allylic oxidation sites excluding steroid dienone is 5. The smallest absolute Gasteiger partial charge is 0.196 e. The zero-order valence-electron chi connectivity index (χ0n) is 17.7. The first-order valence-electron chi connectivity index (χ1n) is 10.1. The molecule has 0 aliphatic heterocycles. The highest BCUT2D eigenvalue weighted by molar-refractivity contribution is 5.80. The molecule has 0 radical (unpaired) electrons. The number of aromatic nitrogens is 4. The van der Waals surface area contributed by atoms with Gasteiger partial charge in [-0.25, -0.2) is 13.2 Å². The van der Waals surface area contributed by atoms with E-state index in [-0.39, 0.29) is 11.6 Å². The van der Waals surface area contributed by atoms with E-state index < -0.39 is 18.3 Å². The maximum absolute atomic E-state index is 14.9. The minimum absolute atomic E-state index is 0.0684. The Morgan fingerprint density at radius 1 is 1.22 bits per heavy atom. The van der Waals surface area contributed by atoms with Crippen LogP contribution in [0.25, 0.3) is 22.1 Å². The standard InChI is InChI=1S/C25H21F3N4/c1-15(2)21(13-20(27)8-9-26)19-12-22(28)25-31-30-24(32(25)14-19)16(3)17-6-7-23-18(11-17)5-4-10-29-23/h4-8,10-14,16H,1,9H2,2-3H3/b20-8+,21-13+. The molecule has 0 aliphatic rings. The van der Waals surface area contributed by atoms with Gasteiger partial charge in [-0.2, -0.15) is 0 Å². The van der Waals surface area contributed by atoms with E-state index in [4.69, 9.17) is 0 Å². The highest BCUT2D eigenvalue weighted by Crippen LogP contribution is 2.29. The van der Waals surface area contributed by atoms with Gasteiger partial charge in [-0.1, -0.05) is 31.2 Å². The van der Waals surface area contributed by atoms with Gasteiger partial charge in [0.1, 0.15) is 18.3 Å². The van der Waals surface area contributed by atoms with Crippen LogP contribution >= 0.6 is 0 Å². The third kappa shape index (κ3) is 4.06. The van der Waals surface area contributed by atoms with Crippen molar-refractivity contribution in [1.82, 2.24) is 19.6 Å². The summed E-state index contributed by atoms with van der Waals surface area (Å²) in [5.41, 5.74) is 3.17. The summed E-state index contributed by atoms with van der Waals surface area (Å²) in [4.78, 5) is 4.33. The fourth-order valence-electron chi connectivity index (χ4n) is 3.65. The summed E-state index contributed by atoms with van der Waals surface area (Å²) >= 11 is 0. The molecule has 1 aromatic carbocycles. The van der Waals surface area contributed by atoms with Gasteiger partial charge < -0.3 is 0 Å². The Bertz CT molecular complexity index is 1380. The van der Waals surface area contributed by atoms with E-state index in [0.29, 0.717) is 22.5 Å². The van der Waals surface area contributed by atoms with Crippen LogP contribution in [0.4, 0.5) is 13.2 Å². The molecule has 1 atom stereocenters. The molecule has 0 saturated carbocycles. The molecule has 4 rings (SSSR count). The van der Waals surface area contributed by atoms with Crippen molar-refractivity contribution in [1.29, 1.82) is 0 Å². The van der Waals surface area contributed by atoms with E-state index in [2.05, 4.69) is 21.8 Å². The Hall–Kier alpha value is -3.74. The average molecular weight is 434 g/mol. The van der Waals surface area contributed by atoms with Crippen molar-refractivity contribution >= 4 is 22.1 Å². The summed E-state index contributed by atoms with van der Waals surface area (Å²) in [5, 5.41) is 9.23. The monoisotopic (exact) mass is 434 g/mol. The summed E-state index contributed by atoms with van der Waals surface area (Å²) in [6, 6.07) is 11.0. The lowest BCUT2D eigenvalue weighted by molar-refractivity contribution is 0.548. The molecule has 0 fully saturated rings. The average Bonchev–Trinajstić information content (AvgIpc) is 3.21. The topological polar surface area (TPSA) is 43.1 Å². The van der Waals surface area contributed by atoms with E-state index in [0.717, 1.165) is 28.6 Å². The number of fused-ring (bicyclic) bond motifs is 2. The first kappa shape index (κ1) is 21.5. The molecular formula is C25H21F3N4. The Labute approximate surface area is 183 Å². The normalized spacial score (nSPS) is 13.7. The molecule has 0 saturated heterocycles. The van der Waals surface area contributed by atoms with Crippen molar-refractivity contribution in [3.05, 3.63) is 102 Å². The summed E-state index contributed by atoms with van der Waals surface area (Å²) in [6.07, 6.45) is 5.33. The van der Waals surface area contributed by atoms with E-state index in [9.17, 15) is 13.2 Å². The van der Waals surface area contributed by atoms with E-state index in [1.165, 1.54) is 6.07 Å². The number of hydrogen-bond donors (Lipinski definition) is 0. The third-order valence-electron chi connectivity index (χ3n) is 5.33. The van der Waals surface area contributed by atoms with Crippen molar-refractivity contribution < 1.29 is 13.2 Å². The number of hydrogen-bond acceptors (Lipinski definition) is 3. The van der Waals surface area contributed by atoms with Crippen molar-refractivity contribution in [2.75, 3.05) is 6.67 Å². The SMILES string of the molecule is C=C(C)/C(=C\C(F)=C/CF)c1cc(F)c2nnc(C(C)c3ccc4ncccc4c3)n2c1. The van der Waals surface area contributed by atoms with Gasteiger partial charge in [-0.3, -0.25) is 9.38 Å². The Morgan fingerprint density at radius 2 is 2.03 bits per heavy atom. The molecule has 0 N–H and O–H groups in total. The van der Waals surface area contributed by atoms with Gasteiger partial charge in [0, 0.05) is 29.3 Å². The van der Waals surface area contributed by atoms with Crippen LogP contribution in [0.5, 0.6) is 0 Å². The van der Waals surface area contributed by atoms with E-state index in [1.54, 1.807) is 23.7 Å². The van der Waals surface area contributed by atoms with Gasteiger partial charge >= 0.3 is 0 Å². The highest BCUT2D eigenvalue weighted by atomic mass is 19.1. The number of pyridine rings is 2. The Balaban J connectivity index is 1.83. The Morgan fingerprint density at radius 3 is 2.78 bits per heavy atom. The van der Waals surface area contributed by atoms with Crippen LogP contribution < -0.4 is 0 Å². The van der Waals surface area contributed by atoms with Gasteiger partial charge in [0.05, 0.1) is 5.52 Å². The number of alkyl halides is 1. The minimum Gasteiger partial charge on any atom is -0.283 e. The largest absolute Gasteiger partial charge is 0.283 e. The third-order valence-corrected chi connectivity index (χ3v) is 5.33. The van der Waals surface area contributed by atoms with Crippen molar-refractivity contribution in [2.24, 2.45) is 0 Å². The molecule has 32 heavy (non-hydrogen) atoms. The first-order valence-corrected chi connectivity index (χ1v) is 10.1. The minimum atomic E-state index is -0.937. The van der Waals surface area contributed by atoms with Crippen LogP contribution in [-0.2, 0) is 0 Å². The molecule has 3 heterocycles. The molecule has 0 aliphatic carbocycles. The van der Waals surface area contributed by atoms with Gasteiger partial charge in [-0.05, 0) is 54.5 Å². The number of benzene rings is 1. The van der Waals surface area contributed by atoms with Crippen LogP contribution in [0.3, 0.4) is 0 Å². The fourth-order valence-corrected chi connectivity index (χ4v) is 3.65. The first-order chi connectivity index (χ1) is 15.4. The second-order valence-electron chi connectivity index (χ2n) is 7.59. The highest BCUT2D eigenvalue weighted by Gasteiger charge is 2.19. The second kappa shape index (κ2) is 8.78. The molecular weight excluding hydrogens is 413 g/mol. The van der Waals surface area contributed by atoms with Gasteiger partial charge in [0.15, 0.2) is 11.5 Å². The summed E-state index contributed by atoms with van der Waals surface area (Å²) in [5.74, 6) is -1.03. The van der Waals surface area contributed by atoms with Crippen molar-refractivity contribution in [2.45, 2.75) is 19.8 Å². The lowest BCUT2D eigenvalue weighted by Crippen LogP contribution is -2.04.